The molecule has 5 heteroatoms. The number of alkyl halides is 2. The minimum atomic E-state index is -2.64. The number of nitrogens with one attached hydrogen (secondary N) is 1. The first-order chi connectivity index (χ1) is 8.92. The van der Waals surface area contributed by atoms with Gasteiger partial charge in [0.25, 0.3) is 5.91 Å². The fourth-order valence-corrected chi connectivity index (χ4v) is 2.66. The maximum Gasteiger partial charge on any atom is 0.251 e. The topological polar surface area (TPSA) is 55.1 Å². The molecule has 0 radical (unpaired) electrons. The number of carbonyl (C=O) groups is 1. The number of hydrogen-bond acceptors (Lipinski definition) is 2. The van der Waals surface area contributed by atoms with E-state index in [1.54, 1.807) is 24.3 Å². The van der Waals surface area contributed by atoms with Crippen LogP contribution in [-0.4, -0.2) is 24.9 Å². The molecule has 1 aliphatic carbocycles. The summed E-state index contributed by atoms with van der Waals surface area (Å²) in [6, 6.07) is 6.83. The van der Waals surface area contributed by atoms with Crippen molar-refractivity contribution in [1.29, 1.82) is 0 Å². The molecular formula is C14H18F2N2O. The quantitative estimate of drug-likeness (QED) is 0.878. The molecule has 0 heterocycles. The van der Waals surface area contributed by atoms with Crippen molar-refractivity contribution in [2.24, 2.45) is 5.73 Å². The molecule has 1 aromatic carbocycles. The lowest BCUT2D eigenvalue weighted by atomic mass is 9.62. The van der Waals surface area contributed by atoms with Crippen LogP contribution >= 0.6 is 0 Å². The third-order valence-electron chi connectivity index (χ3n) is 3.66. The van der Waals surface area contributed by atoms with E-state index >= 15 is 0 Å². The summed E-state index contributed by atoms with van der Waals surface area (Å²) in [5, 5.41) is 2.69. The fraction of sp³-hybridized carbons (Fsp3) is 0.500. The number of benzene rings is 1. The standard InChI is InChI=1S/C14H18F2N2O/c1-2-18-12(19)10-4-3-5-11(6-10)13(9-17)7-14(15,16)8-13/h3-6H,2,7-9,17H2,1H3,(H,18,19). The molecule has 0 aliphatic heterocycles. The first-order valence-electron chi connectivity index (χ1n) is 6.39. The van der Waals surface area contributed by atoms with E-state index in [2.05, 4.69) is 5.32 Å². The Morgan fingerprint density at radius 3 is 2.63 bits per heavy atom. The van der Waals surface area contributed by atoms with Gasteiger partial charge in [-0.25, -0.2) is 8.78 Å². The molecule has 0 spiro atoms. The Bertz CT molecular complexity index is 480. The van der Waals surface area contributed by atoms with Crippen LogP contribution in [0.15, 0.2) is 24.3 Å². The second kappa shape index (κ2) is 4.89. The molecule has 1 fully saturated rings. The van der Waals surface area contributed by atoms with Gasteiger partial charge in [-0.2, -0.15) is 0 Å². The summed E-state index contributed by atoms with van der Waals surface area (Å²) in [6.45, 7) is 2.53. The van der Waals surface area contributed by atoms with Gasteiger partial charge in [-0.1, -0.05) is 12.1 Å². The van der Waals surface area contributed by atoms with Gasteiger partial charge in [-0.3, -0.25) is 4.79 Å². The predicted octanol–water partition coefficient (Wildman–Crippen LogP) is 2.06. The van der Waals surface area contributed by atoms with Crippen LogP contribution in [0.3, 0.4) is 0 Å². The summed E-state index contributed by atoms with van der Waals surface area (Å²) in [6.07, 6.45) is -0.481. The maximum atomic E-state index is 13.2. The Hall–Kier alpha value is -1.49. The number of nitrogens with two attached hydrogens (primary N) is 1. The second-order valence-corrected chi connectivity index (χ2v) is 5.13. The smallest absolute Gasteiger partial charge is 0.251 e. The number of amides is 1. The van der Waals surface area contributed by atoms with Crippen molar-refractivity contribution in [2.45, 2.75) is 31.1 Å². The molecular weight excluding hydrogens is 250 g/mol. The van der Waals surface area contributed by atoms with Crippen molar-refractivity contribution in [3.8, 4) is 0 Å². The lowest BCUT2D eigenvalue weighted by Crippen LogP contribution is -2.53. The van der Waals surface area contributed by atoms with Crippen LogP contribution in [0, 0.1) is 0 Å². The highest BCUT2D eigenvalue weighted by Crippen LogP contribution is 2.52. The van der Waals surface area contributed by atoms with Crippen LogP contribution in [-0.2, 0) is 5.41 Å². The minimum absolute atomic E-state index is 0.168. The summed E-state index contributed by atoms with van der Waals surface area (Å²) in [5.74, 6) is -2.83. The molecule has 0 unspecified atom stereocenters. The number of hydrogen-bond donors (Lipinski definition) is 2. The zero-order chi connectivity index (χ0) is 14.1. The molecule has 104 valence electrons. The number of carbonyl (C=O) groups excluding carboxylic acids is 1. The van der Waals surface area contributed by atoms with Gasteiger partial charge in [-0.15, -0.1) is 0 Å². The normalized spacial score (nSPS) is 19.6. The molecule has 2 rings (SSSR count). The summed E-state index contributed by atoms with van der Waals surface area (Å²) in [4.78, 5) is 11.8. The van der Waals surface area contributed by atoms with E-state index in [-0.39, 0.29) is 25.3 Å². The van der Waals surface area contributed by atoms with Gasteiger partial charge in [-0.05, 0) is 24.6 Å². The molecule has 0 bridgehead atoms. The van der Waals surface area contributed by atoms with E-state index in [0.717, 1.165) is 5.56 Å². The van der Waals surface area contributed by atoms with Crippen molar-refractivity contribution in [3.05, 3.63) is 35.4 Å². The van der Waals surface area contributed by atoms with Crippen molar-refractivity contribution < 1.29 is 13.6 Å². The van der Waals surface area contributed by atoms with Crippen molar-refractivity contribution >= 4 is 5.91 Å². The van der Waals surface area contributed by atoms with Gasteiger partial charge in [0, 0.05) is 36.9 Å². The molecule has 0 aromatic heterocycles. The van der Waals surface area contributed by atoms with Crippen LogP contribution in [0.5, 0.6) is 0 Å². The van der Waals surface area contributed by atoms with E-state index in [1.165, 1.54) is 0 Å². The Kier molecular flexibility index (Phi) is 3.58. The number of rotatable bonds is 4. The predicted molar refractivity (Wildman–Crippen MR) is 69.4 cm³/mol. The first kappa shape index (κ1) is 13.9. The molecule has 1 amide bonds. The summed E-state index contributed by atoms with van der Waals surface area (Å²) >= 11 is 0. The molecule has 1 aromatic rings. The summed E-state index contributed by atoms with van der Waals surface area (Å²) in [7, 11) is 0. The number of halogens is 2. The Morgan fingerprint density at radius 1 is 1.42 bits per heavy atom. The average molecular weight is 268 g/mol. The zero-order valence-electron chi connectivity index (χ0n) is 10.9. The molecule has 0 atom stereocenters. The van der Waals surface area contributed by atoms with Crippen LogP contribution < -0.4 is 11.1 Å². The Labute approximate surface area is 111 Å². The van der Waals surface area contributed by atoms with Gasteiger partial charge in [0.1, 0.15) is 0 Å². The van der Waals surface area contributed by atoms with E-state index in [1.807, 2.05) is 6.92 Å². The van der Waals surface area contributed by atoms with Gasteiger partial charge >= 0.3 is 0 Å². The van der Waals surface area contributed by atoms with Crippen molar-refractivity contribution in [3.63, 3.8) is 0 Å². The molecule has 0 saturated heterocycles. The lowest BCUT2D eigenvalue weighted by molar-refractivity contribution is -0.123. The SMILES string of the molecule is CCNC(=O)c1cccc(C2(CN)CC(F)(F)C2)c1. The molecule has 1 aliphatic rings. The Balaban J connectivity index is 2.26. The second-order valence-electron chi connectivity index (χ2n) is 5.13. The average Bonchev–Trinajstić information content (AvgIpc) is 2.36. The highest BCUT2D eigenvalue weighted by atomic mass is 19.3. The van der Waals surface area contributed by atoms with E-state index < -0.39 is 11.3 Å². The minimum Gasteiger partial charge on any atom is -0.352 e. The zero-order valence-corrected chi connectivity index (χ0v) is 10.9. The molecule has 19 heavy (non-hydrogen) atoms. The van der Waals surface area contributed by atoms with Gasteiger partial charge < -0.3 is 11.1 Å². The van der Waals surface area contributed by atoms with Gasteiger partial charge in [0.05, 0.1) is 0 Å². The maximum absolute atomic E-state index is 13.2. The van der Waals surface area contributed by atoms with E-state index in [4.69, 9.17) is 5.73 Å². The van der Waals surface area contributed by atoms with Crippen LogP contribution in [0.1, 0.15) is 35.7 Å². The summed E-state index contributed by atoms with van der Waals surface area (Å²) in [5.41, 5.74) is 6.20. The van der Waals surface area contributed by atoms with Crippen molar-refractivity contribution in [1.82, 2.24) is 5.32 Å². The highest BCUT2D eigenvalue weighted by Gasteiger charge is 2.56. The van der Waals surface area contributed by atoms with E-state index in [0.29, 0.717) is 12.1 Å². The summed E-state index contributed by atoms with van der Waals surface area (Å²) < 4.78 is 26.3. The van der Waals surface area contributed by atoms with Gasteiger partial charge in [0.2, 0.25) is 5.92 Å². The van der Waals surface area contributed by atoms with E-state index in [9.17, 15) is 13.6 Å². The van der Waals surface area contributed by atoms with Crippen LogP contribution in [0.25, 0.3) is 0 Å². The first-order valence-corrected chi connectivity index (χ1v) is 6.39. The molecule has 1 saturated carbocycles. The third-order valence-corrected chi connectivity index (χ3v) is 3.66. The van der Waals surface area contributed by atoms with Crippen LogP contribution in [0.4, 0.5) is 8.78 Å². The highest BCUT2D eigenvalue weighted by molar-refractivity contribution is 5.94. The molecule has 3 nitrogen and oxygen atoms in total. The third kappa shape index (κ3) is 2.61. The largest absolute Gasteiger partial charge is 0.352 e. The fourth-order valence-electron chi connectivity index (χ4n) is 2.66. The van der Waals surface area contributed by atoms with Gasteiger partial charge in [0.15, 0.2) is 0 Å². The Morgan fingerprint density at radius 2 is 2.11 bits per heavy atom. The lowest BCUT2D eigenvalue weighted by Gasteiger charge is -2.47. The van der Waals surface area contributed by atoms with Crippen molar-refractivity contribution in [2.75, 3.05) is 13.1 Å². The monoisotopic (exact) mass is 268 g/mol. The molecule has 3 N–H and O–H groups in total. The van der Waals surface area contributed by atoms with Crippen LogP contribution in [0.2, 0.25) is 0 Å².